The summed E-state index contributed by atoms with van der Waals surface area (Å²) >= 11 is 0. The Morgan fingerprint density at radius 2 is 0.736 bits per heavy atom. The number of hydrogen-bond acceptors (Lipinski definition) is 0. The Labute approximate surface area is 310 Å². The van der Waals surface area contributed by atoms with Crippen LogP contribution in [-0.2, 0) is 12.8 Å². The van der Waals surface area contributed by atoms with Gasteiger partial charge in [-0.25, -0.2) is 0 Å². The summed E-state index contributed by atoms with van der Waals surface area (Å²) in [6.07, 6.45) is 1.97. The molecule has 0 saturated carbocycles. The van der Waals surface area contributed by atoms with Gasteiger partial charge in [0.25, 0.3) is 0 Å². The van der Waals surface area contributed by atoms with Crippen LogP contribution in [0.25, 0.3) is 66.1 Å². The van der Waals surface area contributed by atoms with Crippen molar-refractivity contribution in [1.29, 1.82) is 0 Å². The van der Waals surface area contributed by atoms with Crippen LogP contribution in [0.4, 0.5) is 0 Å². The second kappa shape index (κ2) is 12.0. The smallest absolute Gasteiger partial charge is 0.0340 e. The summed E-state index contributed by atoms with van der Waals surface area (Å²) in [5.41, 5.74) is 20.3. The van der Waals surface area contributed by atoms with Gasteiger partial charge in [-0.05, 0) is 124 Å². The molecule has 0 fully saturated rings. The lowest BCUT2D eigenvalue weighted by Gasteiger charge is -2.21. The van der Waals surface area contributed by atoms with Crippen molar-refractivity contribution >= 4 is 21.5 Å². The van der Waals surface area contributed by atoms with Gasteiger partial charge in [0.15, 0.2) is 0 Å². The highest BCUT2D eigenvalue weighted by Gasteiger charge is 2.24. The standard InChI is InChI=1S/C53H36/c1-4-12-43-34(9-1)19-20-37-25-30-42(33-50(37)43)53(38-26-21-35(22-27-38)44-15-7-17-48-46-13-5-2-10-40(46)31-51(44)48)39-28-23-36(24-29-39)45-16-8-18-49-47-14-6-3-11-41(47)32-52(45)49/h1-30,33,53H,31-32H2. The molecule has 0 aliphatic heterocycles. The third-order valence-electron chi connectivity index (χ3n) is 11.9. The molecule has 0 heterocycles. The van der Waals surface area contributed by atoms with Gasteiger partial charge in [-0.15, -0.1) is 0 Å². The Morgan fingerprint density at radius 1 is 0.302 bits per heavy atom. The first-order valence-corrected chi connectivity index (χ1v) is 18.8. The van der Waals surface area contributed by atoms with Gasteiger partial charge in [0, 0.05) is 5.92 Å². The fourth-order valence-corrected chi connectivity index (χ4v) is 9.34. The number of hydrogen-bond donors (Lipinski definition) is 0. The van der Waals surface area contributed by atoms with Crippen molar-refractivity contribution in [2.45, 2.75) is 18.8 Å². The highest BCUT2D eigenvalue weighted by Crippen LogP contribution is 2.44. The van der Waals surface area contributed by atoms with E-state index in [0.717, 1.165) is 12.8 Å². The van der Waals surface area contributed by atoms with Crippen LogP contribution in [0.3, 0.4) is 0 Å². The van der Waals surface area contributed by atoms with Gasteiger partial charge in [0.05, 0.1) is 0 Å². The number of fused-ring (bicyclic) bond motifs is 9. The maximum absolute atomic E-state index is 2.44. The zero-order chi connectivity index (χ0) is 34.9. The lowest BCUT2D eigenvalue weighted by Crippen LogP contribution is -2.04. The van der Waals surface area contributed by atoms with Crippen LogP contribution in [0.2, 0.25) is 0 Å². The summed E-state index contributed by atoms with van der Waals surface area (Å²) in [4.78, 5) is 0. The van der Waals surface area contributed by atoms with E-state index in [1.165, 1.54) is 105 Å². The van der Waals surface area contributed by atoms with Crippen molar-refractivity contribution in [2.24, 2.45) is 0 Å². The maximum Gasteiger partial charge on any atom is 0.0340 e. The molecule has 2 aliphatic carbocycles. The van der Waals surface area contributed by atoms with Crippen molar-refractivity contribution in [3.05, 3.63) is 227 Å². The van der Waals surface area contributed by atoms with Crippen LogP contribution < -0.4 is 0 Å². The topological polar surface area (TPSA) is 0 Å². The third kappa shape index (κ3) is 4.90. The quantitative estimate of drug-likeness (QED) is 0.126. The molecule has 2 aliphatic rings. The van der Waals surface area contributed by atoms with Crippen LogP contribution in [0.5, 0.6) is 0 Å². The van der Waals surface area contributed by atoms with Gasteiger partial charge < -0.3 is 0 Å². The Bertz CT molecular complexity index is 2730. The average molecular weight is 673 g/mol. The van der Waals surface area contributed by atoms with Crippen LogP contribution in [0.15, 0.2) is 188 Å². The third-order valence-corrected chi connectivity index (χ3v) is 11.9. The molecule has 0 bridgehead atoms. The van der Waals surface area contributed by atoms with Gasteiger partial charge in [0.2, 0.25) is 0 Å². The molecule has 0 N–H and O–H groups in total. The van der Waals surface area contributed by atoms with Crippen LogP contribution in [0.1, 0.15) is 44.9 Å². The highest BCUT2D eigenvalue weighted by atomic mass is 14.3. The van der Waals surface area contributed by atoms with E-state index in [1.807, 2.05) is 0 Å². The summed E-state index contributed by atoms with van der Waals surface area (Å²) in [5, 5.41) is 5.15. The van der Waals surface area contributed by atoms with Gasteiger partial charge >= 0.3 is 0 Å². The second-order valence-electron chi connectivity index (χ2n) is 14.8. The predicted octanol–water partition coefficient (Wildman–Crippen LogP) is 13.6. The Hall–Kier alpha value is -6.50. The van der Waals surface area contributed by atoms with Crippen LogP contribution >= 0.6 is 0 Å². The molecular weight excluding hydrogens is 637 g/mol. The van der Waals surface area contributed by atoms with Gasteiger partial charge in [-0.2, -0.15) is 0 Å². The first-order chi connectivity index (χ1) is 26.3. The molecule has 9 aromatic carbocycles. The number of rotatable bonds is 5. The molecule has 53 heavy (non-hydrogen) atoms. The van der Waals surface area contributed by atoms with Gasteiger partial charge in [0.1, 0.15) is 0 Å². The molecule has 0 heteroatoms. The van der Waals surface area contributed by atoms with E-state index in [2.05, 4.69) is 188 Å². The fraction of sp³-hybridized carbons (Fsp3) is 0.0566. The summed E-state index contributed by atoms with van der Waals surface area (Å²) in [6, 6.07) is 70.5. The molecule has 0 saturated heterocycles. The van der Waals surface area contributed by atoms with E-state index >= 15 is 0 Å². The van der Waals surface area contributed by atoms with Crippen molar-refractivity contribution in [3.63, 3.8) is 0 Å². The molecule has 0 spiro atoms. The minimum Gasteiger partial charge on any atom is -0.0619 e. The molecule has 11 rings (SSSR count). The Kier molecular flexibility index (Phi) is 6.85. The lowest BCUT2D eigenvalue weighted by molar-refractivity contribution is 0.981. The summed E-state index contributed by atoms with van der Waals surface area (Å²) in [5.74, 6) is 0.0814. The largest absolute Gasteiger partial charge is 0.0619 e. The Morgan fingerprint density at radius 3 is 1.32 bits per heavy atom. The SMILES string of the molecule is c1ccc2c(c1)Cc1c(-c3ccc(C(c4ccc(-c5cccc6c5Cc5ccccc5-6)cc4)c4ccc5ccc6ccccc6c5c4)cc3)cccc1-2. The van der Waals surface area contributed by atoms with Gasteiger partial charge in [-0.1, -0.05) is 182 Å². The highest BCUT2D eigenvalue weighted by molar-refractivity contribution is 6.07. The van der Waals surface area contributed by atoms with E-state index in [0.29, 0.717) is 0 Å². The zero-order valence-corrected chi connectivity index (χ0v) is 29.4. The molecule has 0 aromatic heterocycles. The first-order valence-electron chi connectivity index (χ1n) is 18.8. The van der Waals surface area contributed by atoms with Crippen molar-refractivity contribution in [2.75, 3.05) is 0 Å². The molecule has 0 atom stereocenters. The fourth-order valence-electron chi connectivity index (χ4n) is 9.34. The van der Waals surface area contributed by atoms with E-state index in [9.17, 15) is 0 Å². The van der Waals surface area contributed by atoms with E-state index in [-0.39, 0.29) is 5.92 Å². The summed E-state index contributed by atoms with van der Waals surface area (Å²) in [6.45, 7) is 0. The molecule has 0 radical (unpaired) electrons. The molecular formula is C53H36. The monoisotopic (exact) mass is 672 g/mol. The van der Waals surface area contributed by atoms with Crippen molar-refractivity contribution in [3.8, 4) is 44.5 Å². The summed E-state index contributed by atoms with van der Waals surface area (Å²) in [7, 11) is 0. The van der Waals surface area contributed by atoms with Crippen LogP contribution in [0, 0.1) is 0 Å². The lowest BCUT2D eigenvalue weighted by atomic mass is 9.82. The maximum atomic E-state index is 2.44. The Balaban J connectivity index is 1.02. The second-order valence-corrected chi connectivity index (χ2v) is 14.8. The zero-order valence-electron chi connectivity index (χ0n) is 29.4. The minimum atomic E-state index is 0.0814. The van der Waals surface area contributed by atoms with Crippen molar-refractivity contribution in [1.82, 2.24) is 0 Å². The van der Waals surface area contributed by atoms with E-state index in [1.54, 1.807) is 0 Å². The average Bonchev–Trinajstić information content (AvgIpc) is 3.80. The van der Waals surface area contributed by atoms with Crippen molar-refractivity contribution < 1.29 is 0 Å². The number of benzene rings is 9. The molecule has 0 amide bonds. The van der Waals surface area contributed by atoms with Crippen LogP contribution in [-0.4, -0.2) is 0 Å². The molecule has 0 nitrogen and oxygen atoms in total. The normalized spacial score (nSPS) is 12.5. The minimum absolute atomic E-state index is 0.0814. The van der Waals surface area contributed by atoms with E-state index in [4.69, 9.17) is 0 Å². The molecule has 9 aromatic rings. The predicted molar refractivity (Wildman–Crippen MR) is 223 cm³/mol. The summed E-state index contributed by atoms with van der Waals surface area (Å²) < 4.78 is 0. The molecule has 248 valence electrons. The van der Waals surface area contributed by atoms with E-state index < -0.39 is 0 Å². The molecule has 0 unspecified atom stereocenters. The van der Waals surface area contributed by atoms with Gasteiger partial charge in [-0.3, -0.25) is 0 Å². The first kappa shape index (κ1) is 30.2.